The van der Waals surface area contributed by atoms with Gasteiger partial charge in [-0.3, -0.25) is 0 Å². The number of hydrogen-bond donors (Lipinski definition) is 1. The third-order valence-electron chi connectivity index (χ3n) is 3.48. The van der Waals surface area contributed by atoms with Gasteiger partial charge in [0.15, 0.2) is 0 Å². The second-order valence-electron chi connectivity index (χ2n) is 5.07. The van der Waals surface area contributed by atoms with Crippen LogP contribution in [0.15, 0.2) is 18.2 Å². The maximum absolute atomic E-state index is 13.5. The van der Waals surface area contributed by atoms with E-state index in [2.05, 4.69) is 31.0 Å². The minimum Gasteiger partial charge on any atom is -0.369 e. The Morgan fingerprint density at radius 3 is 2.47 bits per heavy atom. The van der Waals surface area contributed by atoms with Crippen molar-refractivity contribution in [1.29, 1.82) is 0 Å². The summed E-state index contributed by atoms with van der Waals surface area (Å²) in [5, 5.41) is 3.04. The van der Waals surface area contributed by atoms with E-state index in [4.69, 9.17) is 0 Å². The molecule has 0 fully saturated rings. The van der Waals surface area contributed by atoms with Gasteiger partial charge in [-0.15, -0.1) is 0 Å². The highest BCUT2D eigenvalue weighted by atomic mass is 19.1. The molecule has 1 rings (SSSR count). The van der Waals surface area contributed by atoms with Crippen LogP contribution in [0, 0.1) is 5.82 Å². The summed E-state index contributed by atoms with van der Waals surface area (Å²) in [5.74, 6) is -0.175. The Labute approximate surface area is 104 Å². The summed E-state index contributed by atoms with van der Waals surface area (Å²) in [5.41, 5.74) is 1.94. The van der Waals surface area contributed by atoms with Gasteiger partial charge in [-0.25, -0.2) is 4.39 Å². The van der Waals surface area contributed by atoms with Crippen molar-refractivity contribution >= 4 is 5.69 Å². The summed E-state index contributed by atoms with van der Waals surface area (Å²) in [6, 6.07) is 5.21. The van der Waals surface area contributed by atoms with Crippen LogP contribution >= 0.6 is 0 Å². The Hall–Kier alpha value is -1.09. The molecule has 0 saturated heterocycles. The van der Waals surface area contributed by atoms with Crippen LogP contribution in [0.4, 0.5) is 10.1 Å². The minimum atomic E-state index is -0.175. The zero-order chi connectivity index (χ0) is 13.1. The molecule has 1 aromatic rings. The van der Waals surface area contributed by atoms with Crippen LogP contribution in [-0.2, 0) is 6.54 Å². The monoisotopic (exact) mass is 238 g/mol. The summed E-state index contributed by atoms with van der Waals surface area (Å²) < 4.78 is 13.5. The van der Waals surface area contributed by atoms with Crippen LogP contribution in [0.25, 0.3) is 0 Å². The quantitative estimate of drug-likeness (QED) is 0.847. The van der Waals surface area contributed by atoms with Crippen LogP contribution in [-0.4, -0.2) is 19.6 Å². The van der Waals surface area contributed by atoms with Crippen molar-refractivity contribution in [1.82, 2.24) is 5.32 Å². The predicted octanol–water partition coefficient (Wildman–Crippen LogP) is 3.17. The number of benzene rings is 1. The van der Waals surface area contributed by atoms with Crippen molar-refractivity contribution in [3.8, 4) is 0 Å². The SMILES string of the molecule is CCC(C)(C)N(C)c1cc(F)cc(CNC)c1. The molecule has 0 unspecified atom stereocenters. The maximum Gasteiger partial charge on any atom is 0.125 e. The van der Waals surface area contributed by atoms with Gasteiger partial charge in [-0.1, -0.05) is 6.92 Å². The molecule has 2 nitrogen and oxygen atoms in total. The second-order valence-corrected chi connectivity index (χ2v) is 5.07. The number of rotatable bonds is 5. The molecule has 0 saturated carbocycles. The minimum absolute atomic E-state index is 0.0324. The molecule has 0 aliphatic rings. The van der Waals surface area contributed by atoms with Crippen LogP contribution < -0.4 is 10.2 Å². The van der Waals surface area contributed by atoms with E-state index in [1.54, 1.807) is 12.1 Å². The van der Waals surface area contributed by atoms with Crippen molar-refractivity contribution in [2.75, 3.05) is 19.0 Å². The maximum atomic E-state index is 13.5. The zero-order valence-corrected chi connectivity index (χ0v) is 11.5. The molecule has 0 aliphatic heterocycles. The van der Waals surface area contributed by atoms with E-state index in [0.717, 1.165) is 17.7 Å². The topological polar surface area (TPSA) is 15.3 Å². The Morgan fingerprint density at radius 2 is 1.94 bits per heavy atom. The standard InChI is InChI=1S/C14H23FN2/c1-6-14(2,3)17(5)13-8-11(10-16-4)7-12(15)9-13/h7-9,16H,6,10H2,1-5H3. The van der Waals surface area contributed by atoms with Crippen molar-refractivity contribution in [3.05, 3.63) is 29.6 Å². The third-order valence-corrected chi connectivity index (χ3v) is 3.48. The van der Waals surface area contributed by atoms with E-state index in [1.165, 1.54) is 0 Å². The predicted molar refractivity (Wildman–Crippen MR) is 71.9 cm³/mol. The van der Waals surface area contributed by atoms with Gasteiger partial charge >= 0.3 is 0 Å². The Morgan fingerprint density at radius 1 is 1.29 bits per heavy atom. The average Bonchev–Trinajstić information content (AvgIpc) is 2.27. The molecule has 0 radical (unpaired) electrons. The molecule has 1 N–H and O–H groups in total. The molecule has 0 atom stereocenters. The van der Waals surface area contributed by atoms with Crippen molar-refractivity contribution < 1.29 is 4.39 Å². The fraction of sp³-hybridized carbons (Fsp3) is 0.571. The third kappa shape index (κ3) is 3.43. The summed E-state index contributed by atoms with van der Waals surface area (Å²) in [6.07, 6.45) is 1.02. The van der Waals surface area contributed by atoms with Gasteiger partial charge in [-0.2, -0.15) is 0 Å². The molecule has 0 spiro atoms. The van der Waals surface area contributed by atoms with Gasteiger partial charge in [-0.05, 0) is 51.1 Å². The summed E-state index contributed by atoms with van der Waals surface area (Å²) in [7, 11) is 3.88. The Balaban J connectivity index is 3.05. The molecule has 0 aromatic heterocycles. The number of hydrogen-bond acceptors (Lipinski definition) is 2. The second kappa shape index (κ2) is 5.50. The van der Waals surface area contributed by atoms with E-state index in [9.17, 15) is 4.39 Å². The molecular weight excluding hydrogens is 215 g/mol. The highest BCUT2D eigenvalue weighted by Crippen LogP contribution is 2.26. The van der Waals surface area contributed by atoms with Gasteiger partial charge < -0.3 is 10.2 Å². The lowest BCUT2D eigenvalue weighted by Crippen LogP contribution is -2.40. The lowest BCUT2D eigenvalue weighted by molar-refractivity contribution is 0.469. The highest BCUT2D eigenvalue weighted by Gasteiger charge is 2.22. The van der Waals surface area contributed by atoms with Gasteiger partial charge in [0, 0.05) is 24.8 Å². The smallest absolute Gasteiger partial charge is 0.125 e. The first-order valence-electron chi connectivity index (χ1n) is 6.08. The van der Waals surface area contributed by atoms with E-state index in [-0.39, 0.29) is 11.4 Å². The highest BCUT2D eigenvalue weighted by molar-refractivity contribution is 5.50. The first kappa shape index (κ1) is 14.0. The zero-order valence-electron chi connectivity index (χ0n) is 11.5. The molecular formula is C14H23FN2. The first-order chi connectivity index (χ1) is 7.90. The van der Waals surface area contributed by atoms with Gasteiger partial charge in [0.05, 0.1) is 0 Å². The van der Waals surface area contributed by atoms with E-state index < -0.39 is 0 Å². The van der Waals surface area contributed by atoms with E-state index >= 15 is 0 Å². The van der Waals surface area contributed by atoms with Gasteiger partial charge in [0.25, 0.3) is 0 Å². The molecule has 0 aliphatic carbocycles. The van der Waals surface area contributed by atoms with Gasteiger partial charge in [0.1, 0.15) is 5.82 Å². The Kier molecular flexibility index (Phi) is 4.52. The Bertz CT molecular complexity index is 374. The largest absolute Gasteiger partial charge is 0.369 e. The van der Waals surface area contributed by atoms with Crippen molar-refractivity contribution in [2.24, 2.45) is 0 Å². The number of nitrogens with zero attached hydrogens (tertiary/aromatic N) is 1. The molecule has 0 amide bonds. The summed E-state index contributed by atoms with van der Waals surface area (Å²) in [6.45, 7) is 7.15. The molecule has 3 heteroatoms. The first-order valence-corrected chi connectivity index (χ1v) is 6.08. The van der Waals surface area contributed by atoms with Gasteiger partial charge in [0.2, 0.25) is 0 Å². The number of nitrogens with one attached hydrogen (secondary N) is 1. The molecule has 0 heterocycles. The lowest BCUT2D eigenvalue weighted by Gasteiger charge is -2.37. The normalized spacial score (nSPS) is 11.6. The van der Waals surface area contributed by atoms with Crippen LogP contribution in [0.5, 0.6) is 0 Å². The fourth-order valence-corrected chi connectivity index (χ4v) is 1.72. The van der Waals surface area contributed by atoms with Crippen LogP contribution in [0.1, 0.15) is 32.8 Å². The average molecular weight is 238 g/mol. The number of anilines is 1. The molecule has 0 bridgehead atoms. The molecule has 17 heavy (non-hydrogen) atoms. The summed E-state index contributed by atoms with van der Waals surface area (Å²) >= 11 is 0. The van der Waals surface area contributed by atoms with Crippen LogP contribution in [0.3, 0.4) is 0 Å². The van der Waals surface area contributed by atoms with Crippen molar-refractivity contribution in [3.63, 3.8) is 0 Å². The van der Waals surface area contributed by atoms with E-state index in [1.807, 2.05) is 20.2 Å². The molecule has 96 valence electrons. The fourth-order valence-electron chi connectivity index (χ4n) is 1.72. The van der Waals surface area contributed by atoms with Crippen molar-refractivity contribution in [2.45, 2.75) is 39.3 Å². The summed E-state index contributed by atoms with van der Waals surface area (Å²) in [4.78, 5) is 2.13. The van der Waals surface area contributed by atoms with E-state index in [0.29, 0.717) is 6.54 Å². The molecule has 1 aromatic carbocycles. The van der Waals surface area contributed by atoms with Crippen LogP contribution in [0.2, 0.25) is 0 Å². The lowest BCUT2D eigenvalue weighted by atomic mass is 9.98. The number of halogens is 1.